The van der Waals surface area contributed by atoms with Crippen LogP contribution < -0.4 is 10.1 Å². The van der Waals surface area contributed by atoms with Crippen molar-refractivity contribution in [1.29, 1.82) is 0 Å². The molecule has 0 spiro atoms. The first-order valence-corrected chi connectivity index (χ1v) is 8.46. The lowest BCUT2D eigenvalue weighted by atomic mass is 10.1. The molecule has 1 aromatic heterocycles. The topological polar surface area (TPSA) is 107 Å². The van der Waals surface area contributed by atoms with E-state index in [1.807, 2.05) is 24.3 Å². The molecule has 28 heavy (non-hydrogen) atoms. The molecule has 0 aliphatic heterocycles. The van der Waals surface area contributed by atoms with Crippen LogP contribution in [0, 0.1) is 17.0 Å². The van der Waals surface area contributed by atoms with Gasteiger partial charge in [-0.3, -0.25) is 14.9 Å². The summed E-state index contributed by atoms with van der Waals surface area (Å²) in [5, 5.41) is 13.7. The van der Waals surface area contributed by atoms with Crippen molar-refractivity contribution in [3.8, 4) is 17.0 Å². The molecule has 3 rings (SSSR count). The van der Waals surface area contributed by atoms with E-state index < -0.39 is 4.92 Å². The highest BCUT2D eigenvalue weighted by atomic mass is 16.6. The fraction of sp³-hybridized carbons (Fsp3) is 0.150. The van der Waals surface area contributed by atoms with Crippen molar-refractivity contribution in [3.05, 3.63) is 81.8 Å². The Balaban J connectivity index is 1.70. The molecule has 0 unspecified atom stereocenters. The Hall–Kier alpha value is -3.81. The molecular weight excluding hydrogens is 360 g/mol. The summed E-state index contributed by atoms with van der Waals surface area (Å²) in [5.74, 6) is 0.422. The van der Waals surface area contributed by atoms with Gasteiger partial charge in [0.05, 0.1) is 30.0 Å². The number of amides is 1. The summed E-state index contributed by atoms with van der Waals surface area (Å²) >= 11 is 0. The summed E-state index contributed by atoms with van der Waals surface area (Å²) in [6.07, 6.45) is 1.44. The van der Waals surface area contributed by atoms with E-state index in [-0.39, 0.29) is 18.1 Å². The number of hydrogen-bond acceptors (Lipinski definition) is 6. The number of hydrogen-bond donors (Lipinski definition) is 1. The minimum Gasteiger partial charge on any atom is -0.497 e. The van der Waals surface area contributed by atoms with Gasteiger partial charge in [-0.25, -0.2) is 9.97 Å². The highest BCUT2D eigenvalue weighted by molar-refractivity contribution is 5.94. The molecule has 1 N–H and O–H groups in total. The average Bonchev–Trinajstić information content (AvgIpc) is 2.72. The van der Waals surface area contributed by atoms with Gasteiger partial charge in [0.1, 0.15) is 12.1 Å². The first kappa shape index (κ1) is 19.0. The third-order valence-corrected chi connectivity index (χ3v) is 4.20. The Kier molecular flexibility index (Phi) is 5.59. The number of nitro benzene ring substituents is 1. The molecule has 0 radical (unpaired) electrons. The highest BCUT2D eigenvalue weighted by Crippen LogP contribution is 2.21. The first-order chi connectivity index (χ1) is 13.5. The van der Waals surface area contributed by atoms with E-state index in [4.69, 9.17) is 4.74 Å². The second-order valence-electron chi connectivity index (χ2n) is 6.06. The number of carbonyl (C=O) groups excluding carboxylic acids is 1. The average molecular weight is 378 g/mol. The molecule has 0 bridgehead atoms. The zero-order valence-corrected chi connectivity index (χ0v) is 15.4. The lowest BCUT2D eigenvalue weighted by molar-refractivity contribution is -0.385. The number of carbonyl (C=O) groups is 1. The van der Waals surface area contributed by atoms with E-state index in [9.17, 15) is 14.9 Å². The lowest BCUT2D eigenvalue weighted by Gasteiger charge is -2.08. The Morgan fingerprint density at radius 3 is 2.54 bits per heavy atom. The van der Waals surface area contributed by atoms with Crippen molar-refractivity contribution in [2.24, 2.45) is 0 Å². The first-order valence-electron chi connectivity index (χ1n) is 8.46. The van der Waals surface area contributed by atoms with Gasteiger partial charge in [0.25, 0.3) is 11.6 Å². The number of benzene rings is 2. The fourth-order valence-electron chi connectivity index (χ4n) is 2.69. The zero-order chi connectivity index (χ0) is 20.1. The molecule has 0 saturated carbocycles. The molecule has 0 aliphatic rings. The molecule has 0 atom stereocenters. The van der Waals surface area contributed by atoms with Crippen molar-refractivity contribution in [2.75, 3.05) is 7.11 Å². The highest BCUT2D eigenvalue weighted by Gasteiger charge is 2.14. The van der Waals surface area contributed by atoms with Gasteiger partial charge < -0.3 is 10.1 Å². The molecule has 8 nitrogen and oxygen atoms in total. The SMILES string of the molecule is COc1ccc(-c2cc(CNC(=O)c3ccc([N+](=O)[O-])c(C)c3)ncn2)cc1. The maximum Gasteiger partial charge on any atom is 0.272 e. The van der Waals surface area contributed by atoms with E-state index in [1.165, 1.54) is 24.5 Å². The molecule has 0 saturated heterocycles. The Bertz CT molecular complexity index is 1020. The normalized spacial score (nSPS) is 10.4. The number of ether oxygens (including phenoxy) is 1. The Morgan fingerprint density at radius 2 is 1.89 bits per heavy atom. The minimum atomic E-state index is -0.474. The van der Waals surface area contributed by atoms with Crippen molar-refractivity contribution < 1.29 is 14.5 Å². The van der Waals surface area contributed by atoms with Crippen LogP contribution in [-0.4, -0.2) is 27.9 Å². The van der Waals surface area contributed by atoms with Crippen molar-refractivity contribution in [2.45, 2.75) is 13.5 Å². The number of nitro groups is 1. The van der Waals surface area contributed by atoms with E-state index in [2.05, 4.69) is 15.3 Å². The summed E-state index contributed by atoms with van der Waals surface area (Å²) in [6.45, 7) is 1.81. The standard InChI is InChI=1S/C20H18N4O4/c1-13-9-15(5-8-19(13)24(26)27)20(25)21-11-16-10-18(23-12-22-16)14-3-6-17(28-2)7-4-14/h3-10,12H,11H2,1-2H3,(H,21,25). The van der Waals surface area contributed by atoms with Gasteiger partial charge in [0.15, 0.2) is 0 Å². The van der Waals surface area contributed by atoms with E-state index in [1.54, 1.807) is 20.1 Å². The molecule has 0 aliphatic carbocycles. The molecule has 0 fully saturated rings. The van der Waals surface area contributed by atoms with Crippen molar-refractivity contribution >= 4 is 11.6 Å². The molecule has 142 valence electrons. The maximum atomic E-state index is 12.3. The summed E-state index contributed by atoms with van der Waals surface area (Å²) in [4.78, 5) is 31.2. The zero-order valence-electron chi connectivity index (χ0n) is 15.4. The van der Waals surface area contributed by atoms with Crippen LogP contribution in [0.25, 0.3) is 11.3 Å². The van der Waals surface area contributed by atoms with Gasteiger partial charge in [0.2, 0.25) is 0 Å². The molecule has 1 amide bonds. The van der Waals surface area contributed by atoms with E-state index in [0.717, 1.165) is 17.0 Å². The summed E-state index contributed by atoms with van der Waals surface area (Å²) < 4.78 is 5.15. The summed E-state index contributed by atoms with van der Waals surface area (Å²) in [5.41, 5.74) is 3.05. The minimum absolute atomic E-state index is 0.0171. The van der Waals surface area contributed by atoms with Crippen LogP contribution in [0.1, 0.15) is 21.6 Å². The second kappa shape index (κ2) is 8.26. The van der Waals surface area contributed by atoms with Crippen molar-refractivity contribution in [3.63, 3.8) is 0 Å². The van der Waals surface area contributed by atoms with Crippen LogP contribution in [0.4, 0.5) is 5.69 Å². The van der Waals surface area contributed by atoms with Crippen LogP contribution >= 0.6 is 0 Å². The molecule has 3 aromatic rings. The smallest absolute Gasteiger partial charge is 0.272 e. The van der Waals surface area contributed by atoms with Gasteiger partial charge in [0, 0.05) is 22.8 Å². The quantitative estimate of drug-likeness (QED) is 0.521. The second-order valence-corrected chi connectivity index (χ2v) is 6.06. The van der Waals surface area contributed by atoms with Crippen LogP contribution in [0.5, 0.6) is 5.75 Å². The van der Waals surface area contributed by atoms with Crippen LogP contribution in [0.2, 0.25) is 0 Å². The number of aryl methyl sites for hydroxylation is 1. The van der Waals surface area contributed by atoms with Gasteiger partial charge in [-0.1, -0.05) is 0 Å². The number of rotatable bonds is 6. The third-order valence-electron chi connectivity index (χ3n) is 4.20. The molecular formula is C20H18N4O4. The molecule has 8 heteroatoms. The van der Waals surface area contributed by atoms with Crippen LogP contribution in [0.3, 0.4) is 0 Å². The Morgan fingerprint density at radius 1 is 1.14 bits per heavy atom. The predicted molar refractivity (Wildman–Crippen MR) is 103 cm³/mol. The lowest BCUT2D eigenvalue weighted by Crippen LogP contribution is -2.23. The monoisotopic (exact) mass is 378 g/mol. The van der Waals surface area contributed by atoms with Gasteiger partial charge in [-0.05, 0) is 49.4 Å². The van der Waals surface area contributed by atoms with Crippen LogP contribution in [-0.2, 0) is 6.54 Å². The van der Waals surface area contributed by atoms with E-state index >= 15 is 0 Å². The fourth-order valence-corrected chi connectivity index (χ4v) is 2.69. The van der Waals surface area contributed by atoms with Gasteiger partial charge in [-0.2, -0.15) is 0 Å². The number of methoxy groups -OCH3 is 1. The summed E-state index contributed by atoms with van der Waals surface area (Å²) in [7, 11) is 1.60. The van der Waals surface area contributed by atoms with E-state index in [0.29, 0.717) is 16.8 Å². The largest absolute Gasteiger partial charge is 0.497 e. The molecule has 2 aromatic carbocycles. The molecule has 1 heterocycles. The number of aromatic nitrogens is 2. The maximum absolute atomic E-state index is 12.3. The number of nitrogens with one attached hydrogen (secondary N) is 1. The Labute approximate surface area is 161 Å². The summed E-state index contributed by atoms with van der Waals surface area (Å²) in [6, 6.07) is 13.5. The predicted octanol–water partition coefficient (Wildman–Crippen LogP) is 3.30. The third kappa shape index (κ3) is 4.29. The van der Waals surface area contributed by atoms with Gasteiger partial charge >= 0.3 is 0 Å². The van der Waals surface area contributed by atoms with Crippen LogP contribution in [0.15, 0.2) is 54.9 Å². The van der Waals surface area contributed by atoms with Crippen molar-refractivity contribution in [1.82, 2.24) is 15.3 Å². The number of nitrogens with zero attached hydrogens (tertiary/aromatic N) is 3. The van der Waals surface area contributed by atoms with Gasteiger partial charge in [-0.15, -0.1) is 0 Å².